The van der Waals surface area contributed by atoms with Crippen LogP contribution in [-0.2, 0) is 12.0 Å². The lowest BCUT2D eigenvalue weighted by molar-refractivity contribution is 0.0357. The minimum atomic E-state index is -0.994. The summed E-state index contributed by atoms with van der Waals surface area (Å²) in [5.41, 5.74) is 2.17. The maximum absolute atomic E-state index is 11.0. The number of nitrogens with one attached hydrogen (secondary N) is 1. The normalized spacial score (nSPS) is 19.9. The Morgan fingerprint density at radius 2 is 1.85 bits per heavy atom. The van der Waals surface area contributed by atoms with Crippen molar-refractivity contribution in [1.82, 2.24) is 0 Å². The molecular formula is C17H19NO2. The molecule has 2 N–H and O–H groups in total. The van der Waals surface area contributed by atoms with E-state index in [1.54, 1.807) is 7.11 Å². The third-order valence-electron chi connectivity index (χ3n) is 4.10. The molecule has 0 fully saturated rings. The van der Waals surface area contributed by atoms with Crippen LogP contribution in [0.4, 0.5) is 5.69 Å². The molecule has 1 aliphatic rings. The average Bonchev–Trinajstić information content (AvgIpc) is 2.92. The maximum atomic E-state index is 11.0. The monoisotopic (exact) mass is 269 g/mol. The van der Waals surface area contributed by atoms with Crippen LogP contribution in [0.3, 0.4) is 0 Å². The van der Waals surface area contributed by atoms with Gasteiger partial charge < -0.3 is 15.2 Å². The van der Waals surface area contributed by atoms with Crippen molar-refractivity contribution in [1.29, 1.82) is 0 Å². The van der Waals surface area contributed by atoms with E-state index in [0.717, 1.165) is 23.4 Å². The molecule has 0 aliphatic carbocycles. The number of para-hydroxylation sites is 2. The van der Waals surface area contributed by atoms with E-state index < -0.39 is 5.60 Å². The smallest absolute Gasteiger partial charge is 0.125 e. The number of aliphatic hydroxyl groups is 1. The number of fused-ring (bicyclic) bond motifs is 1. The highest BCUT2D eigenvalue weighted by Gasteiger charge is 2.39. The summed E-state index contributed by atoms with van der Waals surface area (Å²) < 4.78 is 5.38. The third-order valence-corrected chi connectivity index (χ3v) is 4.10. The fraction of sp³-hybridized carbons (Fsp3) is 0.294. The van der Waals surface area contributed by atoms with E-state index in [1.807, 2.05) is 49.4 Å². The molecule has 2 aromatic carbocycles. The molecule has 3 heteroatoms. The lowest BCUT2D eigenvalue weighted by Gasteiger charge is -2.32. The van der Waals surface area contributed by atoms with Crippen molar-refractivity contribution in [3.05, 3.63) is 59.7 Å². The number of anilines is 1. The zero-order valence-corrected chi connectivity index (χ0v) is 11.8. The molecule has 0 radical (unpaired) electrons. The van der Waals surface area contributed by atoms with Gasteiger partial charge >= 0.3 is 0 Å². The van der Waals surface area contributed by atoms with E-state index in [0.29, 0.717) is 0 Å². The summed E-state index contributed by atoms with van der Waals surface area (Å²) in [6.45, 7) is 1.84. The molecule has 0 aromatic heterocycles. The summed E-state index contributed by atoms with van der Waals surface area (Å²) in [4.78, 5) is 0. The molecular weight excluding hydrogens is 250 g/mol. The number of ether oxygens (including phenoxy) is 1. The van der Waals surface area contributed by atoms with Crippen LogP contribution in [0.15, 0.2) is 48.5 Å². The van der Waals surface area contributed by atoms with Gasteiger partial charge in [0.2, 0.25) is 0 Å². The number of hydrogen-bond acceptors (Lipinski definition) is 3. The van der Waals surface area contributed by atoms with Crippen molar-refractivity contribution in [3.63, 3.8) is 0 Å². The van der Waals surface area contributed by atoms with Crippen LogP contribution < -0.4 is 10.1 Å². The van der Waals surface area contributed by atoms with E-state index in [4.69, 9.17) is 4.74 Å². The molecule has 1 aliphatic heterocycles. The van der Waals surface area contributed by atoms with E-state index >= 15 is 0 Å². The summed E-state index contributed by atoms with van der Waals surface area (Å²) in [5, 5.41) is 14.4. The minimum Gasteiger partial charge on any atom is -0.496 e. The Bertz CT molecular complexity index is 597. The summed E-state index contributed by atoms with van der Waals surface area (Å²) in [7, 11) is 1.63. The van der Waals surface area contributed by atoms with Gasteiger partial charge in [0.25, 0.3) is 0 Å². The molecule has 0 amide bonds. The predicted molar refractivity (Wildman–Crippen MR) is 80.1 cm³/mol. The highest BCUT2D eigenvalue weighted by atomic mass is 16.5. The minimum absolute atomic E-state index is 0.0591. The standard InChI is InChI=1S/C17H19NO2/c1-17(19,13-8-4-6-10-15(13)20-2)16-11-12-7-3-5-9-14(12)18-16/h3-10,16,18-19H,11H2,1-2H3. The number of benzene rings is 2. The maximum Gasteiger partial charge on any atom is 0.125 e. The van der Waals surface area contributed by atoms with Crippen molar-refractivity contribution in [2.24, 2.45) is 0 Å². The Morgan fingerprint density at radius 1 is 1.15 bits per heavy atom. The quantitative estimate of drug-likeness (QED) is 0.900. The molecule has 2 aromatic rings. The van der Waals surface area contributed by atoms with Gasteiger partial charge in [-0.15, -0.1) is 0 Å². The summed E-state index contributed by atoms with van der Waals surface area (Å²) in [6, 6.07) is 15.8. The van der Waals surface area contributed by atoms with Gasteiger partial charge in [0.05, 0.1) is 13.2 Å². The Labute approximate surface area is 119 Å². The molecule has 0 saturated heterocycles. The second-order valence-corrected chi connectivity index (χ2v) is 5.41. The van der Waals surface area contributed by atoms with Gasteiger partial charge in [0, 0.05) is 11.3 Å². The molecule has 20 heavy (non-hydrogen) atoms. The van der Waals surface area contributed by atoms with E-state index in [1.165, 1.54) is 5.56 Å². The third kappa shape index (κ3) is 2.04. The Morgan fingerprint density at radius 3 is 2.60 bits per heavy atom. The Kier molecular flexibility index (Phi) is 3.14. The van der Waals surface area contributed by atoms with Gasteiger partial charge in [-0.25, -0.2) is 0 Å². The topological polar surface area (TPSA) is 41.5 Å². The van der Waals surface area contributed by atoms with Crippen LogP contribution in [0.1, 0.15) is 18.1 Å². The first-order valence-corrected chi connectivity index (χ1v) is 6.83. The van der Waals surface area contributed by atoms with Crippen LogP contribution in [0.2, 0.25) is 0 Å². The lowest BCUT2D eigenvalue weighted by Crippen LogP contribution is -2.41. The summed E-state index contributed by atoms with van der Waals surface area (Å²) >= 11 is 0. The molecule has 0 saturated carbocycles. The Hall–Kier alpha value is -2.00. The molecule has 0 bridgehead atoms. The van der Waals surface area contributed by atoms with Gasteiger partial charge in [0.1, 0.15) is 11.4 Å². The first-order valence-electron chi connectivity index (χ1n) is 6.83. The van der Waals surface area contributed by atoms with Gasteiger partial charge in [-0.05, 0) is 31.0 Å². The van der Waals surface area contributed by atoms with Crippen molar-refractivity contribution in [2.45, 2.75) is 25.0 Å². The van der Waals surface area contributed by atoms with Gasteiger partial charge in [-0.1, -0.05) is 36.4 Å². The van der Waals surface area contributed by atoms with Crippen LogP contribution in [0.5, 0.6) is 5.75 Å². The molecule has 0 spiro atoms. The fourth-order valence-electron chi connectivity index (χ4n) is 2.89. The van der Waals surface area contributed by atoms with Crippen molar-refractivity contribution in [3.8, 4) is 5.75 Å². The molecule has 3 nitrogen and oxygen atoms in total. The molecule has 2 unspecified atom stereocenters. The van der Waals surface area contributed by atoms with Crippen molar-refractivity contribution < 1.29 is 9.84 Å². The second kappa shape index (κ2) is 4.84. The number of hydrogen-bond donors (Lipinski definition) is 2. The molecule has 1 heterocycles. The average molecular weight is 269 g/mol. The van der Waals surface area contributed by atoms with Crippen LogP contribution in [0, 0.1) is 0 Å². The largest absolute Gasteiger partial charge is 0.496 e. The van der Waals surface area contributed by atoms with E-state index in [-0.39, 0.29) is 6.04 Å². The zero-order valence-electron chi connectivity index (χ0n) is 11.8. The number of rotatable bonds is 3. The first-order chi connectivity index (χ1) is 9.63. The SMILES string of the molecule is COc1ccccc1C(C)(O)C1Cc2ccccc2N1. The lowest BCUT2D eigenvalue weighted by atomic mass is 9.86. The summed E-state index contributed by atoms with van der Waals surface area (Å²) in [5.74, 6) is 0.718. The summed E-state index contributed by atoms with van der Waals surface area (Å²) in [6.07, 6.45) is 0.807. The van der Waals surface area contributed by atoms with Crippen LogP contribution >= 0.6 is 0 Å². The van der Waals surface area contributed by atoms with Crippen molar-refractivity contribution in [2.75, 3.05) is 12.4 Å². The van der Waals surface area contributed by atoms with E-state index in [2.05, 4.69) is 11.4 Å². The van der Waals surface area contributed by atoms with Crippen molar-refractivity contribution >= 4 is 5.69 Å². The van der Waals surface area contributed by atoms with Crippen LogP contribution in [0.25, 0.3) is 0 Å². The van der Waals surface area contributed by atoms with Gasteiger partial charge in [-0.3, -0.25) is 0 Å². The highest BCUT2D eigenvalue weighted by Crippen LogP contribution is 2.38. The predicted octanol–water partition coefficient (Wildman–Crippen LogP) is 2.94. The highest BCUT2D eigenvalue weighted by molar-refractivity contribution is 5.58. The second-order valence-electron chi connectivity index (χ2n) is 5.41. The molecule has 3 rings (SSSR count). The van der Waals surface area contributed by atoms with Crippen LogP contribution in [-0.4, -0.2) is 18.3 Å². The molecule has 2 atom stereocenters. The molecule has 104 valence electrons. The van der Waals surface area contributed by atoms with E-state index in [9.17, 15) is 5.11 Å². The van der Waals surface area contributed by atoms with Gasteiger partial charge in [0.15, 0.2) is 0 Å². The number of methoxy groups -OCH3 is 1. The first kappa shape index (κ1) is 13.0. The Balaban J connectivity index is 1.94. The van der Waals surface area contributed by atoms with Gasteiger partial charge in [-0.2, -0.15) is 0 Å². The fourth-order valence-corrected chi connectivity index (χ4v) is 2.89. The zero-order chi connectivity index (χ0) is 14.2.